The van der Waals surface area contributed by atoms with Gasteiger partial charge in [0, 0.05) is 12.4 Å². The lowest BCUT2D eigenvalue weighted by atomic mass is 10.8. The maximum absolute atomic E-state index is 9.12. The molecular weight excluding hydrogens is 136 g/mol. The number of nitrogens with zero attached hydrogens (tertiary/aromatic N) is 1. The van der Waals surface area contributed by atoms with E-state index in [1.165, 1.54) is 0 Å². The molecule has 0 amide bonds. The van der Waals surface area contributed by atoms with Gasteiger partial charge in [-0.3, -0.25) is 0 Å². The number of hydrogen-bond donors (Lipinski definition) is 3. The Labute approximate surface area is 57.3 Å². The Morgan fingerprint density at radius 1 is 1.70 bits per heavy atom. The summed E-state index contributed by atoms with van der Waals surface area (Å²) < 4.78 is 0. The highest BCUT2D eigenvalue weighted by atomic mass is 16.4. The average Bonchev–Trinajstić information content (AvgIpc) is 2.43. The van der Waals surface area contributed by atoms with E-state index in [0.29, 0.717) is 0 Å². The van der Waals surface area contributed by atoms with Gasteiger partial charge >= 0.3 is 5.97 Å². The third-order valence-electron chi connectivity index (χ3n) is 0.541. The average molecular weight is 144 g/mol. The Hall–Kier alpha value is -1.36. The number of hydrogen-bond acceptors (Lipinski definition) is 3. The molecule has 1 heterocycles. The van der Waals surface area contributed by atoms with Gasteiger partial charge in [-0.2, -0.15) is 0 Å². The second kappa shape index (κ2) is 5.77. The summed E-state index contributed by atoms with van der Waals surface area (Å²) >= 11 is 0. The Balaban J connectivity index is 0.000000162. The summed E-state index contributed by atoms with van der Waals surface area (Å²) in [4.78, 5) is 15.5. The number of carbonyl (C=O) groups is 1. The Morgan fingerprint density at radius 2 is 2.30 bits per heavy atom. The van der Waals surface area contributed by atoms with Crippen LogP contribution < -0.4 is 0 Å². The van der Waals surface area contributed by atoms with Crippen molar-refractivity contribution in [1.82, 2.24) is 9.97 Å². The fraction of sp³-hybridized carbons (Fsp3) is 0.200. The van der Waals surface area contributed by atoms with Gasteiger partial charge in [0.15, 0.2) is 0 Å². The van der Waals surface area contributed by atoms with Crippen LogP contribution >= 0.6 is 0 Å². The lowest BCUT2D eigenvalue weighted by molar-refractivity contribution is -0.140. The first-order valence-corrected chi connectivity index (χ1v) is 2.52. The molecule has 0 atom stereocenters. The number of aromatic nitrogens is 2. The molecule has 3 N–H and O–H groups in total. The lowest BCUT2D eigenvalue weighted by Crippen LogP contribution is -1.98. The molecule has 0 bridgehead atoms. The number of imidazole rings is 1. The summed E-state index contributed by atoms with van der Waals surface area (Å²) in [7, 11) is 0. The summed E-state index contributed by atoms with van der Waals surface area (Å²) in [5.74, 6) is -1.19. The number of aliphatic hydroxyl groups excluding tert-OH is 1. The van der Waals surface area contributed by atoms with Crippen LogP contribution in [0.3, 0.4) is 0 Å². The number of rotatable bonds is 1. The third kappa shape index (κ3) is 6.64. The number of aliphatic hydroxyl groups is 1. The minimum absolute atomic E-state index is 0.778. The molecule has 1 aromatic rings. The molecule has 56 valence electrons. The SMILES string of the molecule is O=C(O)CO.c1c[nH]cn1. The zero-order valence-corrected chi connectivity index (χ0v) is 5.19. The maximum atomic E-state index is 9.12. The molecule has 0 unspecified atom stereocenters. The van der Waals surface area contributed by atoms with E-state index in [9.17, 15) is 0 Å². The largest absolute Gasteiger partial charge is 0.480 e. The summed E-state index contributed by atoms with van der Waals surface area (Å²) in [6, 6.07) is 0. The third-order valence-corrected chi connectivity index (χ3v) is 0.541. The van der Waals surface area contributed by atoms with Crippen molar-refractivity contribution < 1.29 is 15.0 Å². The van der Waals surface area contributed by atoms with Crippen LogP contribution in [0.4, 0.5) is 0 Å². The molecule has 10 heavy (non-hydrogen) atoms. The standard InChI is InChI=1S/C3H4N2.C2H4O3/c1-2-5-3-4-1;3-1-2(4)5/h1-3H,(H,4,5);3H,1H2,(H,4,5). The van der Waals surface area contributed by atoms with Crippen LogP contribution in [-0.4, -0.2) is 32.8 Å². The molecule has 5 heteroatoms. The highest BCUT2D eigenvalue weighted by Gasteiger charge is 1.82. The van der Waals surface area contributed by atoms with Crippen LogP contribution in [0, 0.1) is 0 Å². The van der Waals surface area contributed by atoms with Gasteiger partial charge in [0.05, 0.1) is 6.33 Å². The molecule has 1 rings (SSSR count). The number of carboxylic acids is 1. The molecule has 0 saturated carbocycles. The monoisotopic (exact) mass is 144 g/mol. The molecule has 1 aromatic heterocycles. The molecule has 0 fully saturated rings. The maximum Gasteiger partial charge on any atom is 0.329 e. The second-order valence-electron chi connectivity index (χ2n) is 1.31. The van der Waals surface area contributed by atoms with Crippen molar-refractivity contribution in [1.29, 1.82) is 0 Å². The predicted molar refractivity (Wildman–Crippen MR) is 33.3 cm³/mol. The summed E-state index contributed by atoms with van der Waals surface area (Å²) in [5, 5.41) is 15.0. The van der Waals surface area contributed by atoms with E-state index in [-0.39, 0.29) is 0 Å². The van der Waals surface area contributed by atoms with Crippen molar-refractivity contribution in [3.8, 4) is 0 Å². The highest BCUT2D eigenvalue weighted by molar-refractivity contribution is 5.67. The van der Waals surface area contributed by atoms with Crippen LogP contribution in [0.15, 0.2) is 18.7 Å². The van der Waals surface area contributed by atoms with E-state index in [0.717, 1.165) is 0 Å². The molecule has 0 radical (unpaired) electrons. The van der Waals surface area contributed by atoms with Gasteiger partial charge in [0.1, 0.15) is 6.61 Å². The number of carboxylic acid groups (broad SMARTS) is 1. The summed E-state index contributed by atoms with van der Waals surface area (Å²) in [6.07, 6.45) is 5.08. The fourth-order valence-corrected chi connectivity index (χ4v) is 0.215. The number of aliphatic carboxylic acids is 1. The van der Waals surface area contributed by atoms with Crippen LogP contribution in [-0.2, 0) is 4.79 Å². The molecule has 0 aliphatic heterocycles. The first kappa shape index (κ1) is 8.64. The first-order valence-electron chi connectivity index (χ1n) is 2.52. The van der Waals surface area contributed by atoms with Gasteiger partial charge in [-0.1, -0.05) is 0 Å². The predicted octanol–water partition coefficient (Wildman–Crippen LogP) is -0.527. The van der Waals surface area contributed by atoms with E-state index in [2.05, 4.69) is 9.97 Å². The van der Waals surface area contributed by atoms with Crippen molar-refractivity contribution in [2.45, 2.75) is 0 Å². The molecule has 0 aliphatic rings. The van der Waals surface area contributed by atoms with Gasteiger partial charge < -0.3 is 15.2 Å². The number of nitrogens with one attached hydrogen (secondary N) is 1. The van der Waals surface area contributed by atoms with E-state index < -0.39 is 12.6 Å². The van der Waals surface area contributed by atoms with E-state index in [1.807, 2.05) is 0 Å². The quantitative estimate of drug-likeness (QED) is 0.494. The molecule has 0 spiro atoms. The van der Waals surface area contributed by atoms with Crippen LogP contribution in [0.1, 0.15) is 0 Å². The molecule has 0 saturated heterocycles. The fourth-order valence-electron chi connectivity index (χ4n) is 0.215. The highest BCUT2D eigenvalue weighted by Crippen LogP contribution is 1.62. The summed E-state index contributed by atoms with van der Waals surface area (Å²) in [6.45, 7) is -0.778. The van der Waals surface area contributed by atoms with Crippen LogP contribution in [0.25, 0.3) is 0 Å². The molecule has 5 nitrogen and oxygen atoms in total. The van der Waals surface area contributed by atoms with Crippen molar-refractivity contribution in [2.24, 2.45) is 0 Å². The smallest absolute Gasteiger partial charge is 0.329 e. The molecule has 0 aliphatic carbocycles. The van der Waals surface area contributed by atoms with Gasteiger partial charge in [0.25, 0.3) is 0 Å². The van der Waals surface area contributed by atoms with Crippen molar-refractivity contribution in [2.75, 3.05) is 6.61 Å². The zero-order chi connectivity index (χ0) is 7.82. The van der Waals surface area contributed by atoms with Crippen LogP contribution in [0.5, 0.6) is 0 Å². The Kier molecular flexibility index (Phi) is 4.99. The zero-order valence-electron chi connectivity index (χ0n) is 5.19. The van der Waals surface area contributed by atoms with Gasteiger partial charge in [0.2, 0.25) is 0 Å². The molecular formula is C5H8N2O3. The normalized spacial score (nSPS) is 7.70. The van der Waals surface area contributed by atoms with Crippen molar-refractivity contribution >= 4 is 5.97 Å². The summed E-state index contributed by atoms with van der Waals surface area (Å²) in [5.41, 5.74) is 0. The number of H-pyrrole nitrogens is 1. The van der Waals surface area contributed by atoms with E-state index in [4.69, 9.17) is 15.0 Å². The first-order chi connectivity index (χ1) is 4.77. The van der Waals surface area contributed by atoms with E-state index in [1.54, 1.807) is 18.7 Å². The number of aromatic amines is 1. The van der Waals surface area contributed by atoms with Gasteiger partial charge in [-0.15, -0.1) is 0 Å². The van der Waals surface area contributed by atoms with Crippen molar-refractivity contribution in [3.63, 3.8) is 0 Å². The Morgan fingerprint density at radius 3 is 2.40 bits per heavy atom. The molecule has 0 aromatic carbocycles. The second-order valence-corrected chi connectivity index (χ2v) is 1.31. The minimum atomic E-state index is -1.19. The minimum Gasteiger partial charge on any atom is -0.480 e. The van der Waals surface area contributed by atoms with E-state index >= 15 is 0 Å². The van der Waals surface area contributed by atoms with Gasteiger partial charge in [-0.05, 0) is 0 Å². The Bertz CT molecular complexity index is 144. The van der Waals surface area contributed by atoms with Crippen LogP contribution in [0.2, 0.25) is 0 Å². The lowest BCUT2D eigenvalue weighted by Gasteiger charge is -1.72. The van der Waals surface area contributed by atoms with Gasteiger partial charge in [-0.25, -0.2) is 9.78 Å². The van der Waals surface area contributed by atoms with Crippen molar-refractivity contribution in [3.05, 3.63) is 18.7 Å². The topological polar surface area (TPSA) is 86.2 Å².